The molecular weight excluding hydrogens is 486 g/mol. The molecule has 5 aromatic rings. The number of hydrogen-bond donors (Lipinski definition) is 0. The van der Waals surface area contributed by atoms with E-state index in [1.807, 2.05) is 53.7 Å². The second-order valence-electron chi connectivity index (χ2n) is 9.44. The van der Waals surface area contributed by atoms with Gasteiger partial charge in [0.15, 0.2) is 0 Å². The van der Waals surface area contributed by atoms with Gasteiger partial charge >= 0.3 is 0 Å². The third-order valence-corrected chi connectivity index (χ3v) is 6.75. The first-order chi connectivity index (χ1) is 18.5. The van der Waals surface area contributed by atoms with Crippen LogP contribution in [0.3, 0.4) is 0 Å². The molecule has 0 aromatic heterocycles. The fourth-order valence-electron chi connectivity index (χ4n) is 4.25. The fourth-order valence-corrected chi connectivity index (χ4v) is 4.48. The minimum Gasteiger partial charge on any atom is -0.310 e. The Kier molecular flexibility index (Phi) is 7.57. The third kappa shape index (κ3) is 5.80. The van der Waals surface area contributed by atoms with Crippen molar-refractivity contribution in [2.24, 2.45) is 5.10 Å². The lowest BCUT2D eigenvalue weighted by Crippen LogP contribution is -2.11. The second kappa shape index (κ2) is 11.4. The van der Waals surface area contributed by atoms with Crippen molar-refractivity contribution in [1.29, 1.82) is 0 Å². The second-order valence-corrected chi connectivity index (χ2v) is 9.85. The van der Waals surface area contributed by atoms with Gasteiger partial charge in [0, 0.05) is 22.6 Å². The van der Waals surface area contributed by atoms with Gasteiger partial charge in [0.05, 0.1) is 22.6 Å². The van der Waals surface area contributed by atoms with E-state index in [9.17, 15) is 0 Å². The molecule has 0 N–H and O–H groups in total. The van der Waals surface area contributed by atoms with Gasteiger partial charge in [-0.2, -0.15) is 5.10 Å². The van der Waals surface area contributed by atoms with Crippen molar-refractivity contribution in [3.63, 3.8) is 0 Å². The highest BCUT2D eigenvalue weighted by atomic mass is 35.5. The van der Waals surface area contributed by atoms with Gasteiger partial charge in [-0.1, -0.05) is 82.9 Å². The van der Waals surface area contributed by atoms with E-state index in [2.05, 4.69) is 105 Å². The number of aryl methyl sites for hydroxylation is 3. The lowest BCUT2D eigenvalue weighted by Gasteiger charge is -2.26. The summed E-state index contributed by atoms with van der Waals surface area (Å²) in [5.74, 6) is 0. The van der Waals surface area contributed by atoms with Crippen molar-refractivity contribution < 1.29 is 0 Å². The normalized spacial score (nSPS) is 11.1. The number of rotatable bonds is 7. The van der Waals surface area contributed by atoms with Crippen LogP contribution in [-0.2, 0) is 0 Å². The third-order valence-electron chi connectivity index (χ3n) is 6.42. The number of para-hydroxylation sites is 1. The summed E-state index contributed by atoms with van der Waals surface area (Å²) in [4.78, 5) is 2.22. The Balaban J connectivity index is 1.50. The molecule has 0 aliphatic rings. The summed E-state index contributed by atoms with van der Waals surface area (Å²) >= 11 is 6.86. The van der Waals surface area contributed by atoms with Gasteiger partial charge in [0.1, 0.15) is 0 Å². The molecule has 0 amide bonds. The Labute approximate surface area is 230 Å². The number of anilines is 5. The van der Waals surface area contributed by atoms with Crippen molar-refractivity contribution in [3.8, 4) is 0 Å². The molecule has 0 atom stereocenters. The maximum absolute atomic E-state index is 6.86. The van der Waals surface area contributed by atoms with E-state index in [4.69, 9.17) is 16.7 Å². The highest BCUT2D eigenvalue weighted by molar-refractivity contribution is 6.33. The summed E-state index contributed by atoms with van der Waals surface area (Å²) in [6.45, 7) is 6.28. The van der Waals surface area contributed by atoms with Gasteiger partial charge in [-0.25, -0.2) is 5.01 Å². The molecule has 5 rings (SSSR count). The highest BCUT2D eigenvalue weighted by Gasteiger charge is 2.14. The summed E-state index contributed by atoms with van der Waals surface area (Å²) in [7, 11) is 0. The minimum atomic E-state index is 0.632. The predicted molar refractivity (Wildman–Crippen MR) is 163 cm³/mol. The first-order valence-corrected chi connectivity index (χ1v) is 13.0. The maximum atomic E-state index is 6.86. The van der Waals surface area contributed by atoms with Gasteiger partial charge in [-0.05, 0) is 87.5 Å². The SMILES string of the molecule is Cc1ccc(N(N=Cc2ccc(N(c3ccc(C)cc3)c3ccc(C)cc3)cc2Cl)c2ccccc2)cc1. The van der Waals surface area contributed by atoms with Crippen LogP contribution in [0.25, 0.3) is 0 Å². The average molecular weight is 516 g/mol. The molecule has 0 saturated carbocycles. The monoisotopic (exact) mass is 515 g/mol. The Hall–Kier alpha value is -4.34. The molecule has 0 unspecified atom stereocenters. The lowest BCUT2D eigenvalue weighted by molar-refractivity contribution is 1.09. The van der Waals surface area contributed by atoms with Crippen molar-refractivity contribution in [2.45, 2.75) is 20.8 Å². The van der Waals surface area contributed by atoms with Crippen LogP contribution in [-0.4, -0.2) is 6.21 Å². The number of hydrogen-bond acceptors (Lipinski definition) is 3. The average Bonchev–Trinajstić information content (AvgIpc) is 2.93. The van der Waals surface area contributed by atoms with E-state index in [0.29, 0.717) is 5.02 Å². The largest absolute Gasteiger partial charge is 0.310 e. The van der Waals surface area contributed by atoms with Gasteiger partial charge in [0.2, 0.25) is 0 Å². The molecule has 0 bridgehead atoms. The van der Waals surface area contributed by atoms with Crippen LogP contribution in [0.2, 0.25) is 5.02 Å². The van der Waals surface area contributed by atoms with Crippen molar-refractivity contribution >= 4 is 46.3 Å². The summed E-state index contributed by atoms with van der Waals surface area (Å²) in [5, 5.41) is 7.40. The Morgan fingerprint density at radius 2 is 0.974 bits per heavy atom. The van der Waals surface area contributed by atoms with Crippen LogP contribution < -0.4 is 9.91 Å². The van der Waals surface area contributed by atoms with Crippen LogP contribution in [0.15, 0.2) is 126 Å². The van der Waals surface area contributed by atoms with Crippen LogP contribution in [0.5, 0.6) is 0 Å². The molecule has 0 aliphatic heterocycles. The van der Waals surface area contributed by atoms with Crippen molar-refractivity contribution in [3.05, 3.63) is 149 Å². The van der Waals surface area contributed by atoms with E-state index in [-0.39, 0.29) is 0 Å². The number of hydrazone groups is 1. The number of benzene rings is 5. The Morgan fingerprint density at radius 1 is 0.526 bits per heavy atom. The smallest absolute Gasteiger partial charge is 0.0652 e. The molecule has 4 heteroatoms. The van der Waals surface area contributed by atoms with Crippen LogP contribution in [0.4, 0.5) is 28.4 Å². The zero-order valence-electron chi connectivity index (χ0n) is 21.8. The van der Waals surface area contributed by atoms with Gasteiger partial charge in [-0.3, -0.25) is 0 Å². The van der Waals surface area contributed by atoms with E-state index in [1.54, 1.807) is 0 Å². The van der Waals surface area contributed by atoms with Crippen LogP contribution in [0.1, 0.15) is 22.3 Å². The maximum Gasteiger partial charge on any atom is 0.0652 e. The van der Waals surface area contributed by atoms with E-state index in [1.165, 1.54) is 16.7 Å². The first-order valence-electron chi connectivity index (χ1n) is 12.7. The van der Waals surface area contributed by atoms with Gasteiger partial charge in [-0.15, -0.1) is 0 Å². The summed E-state index contributed by atoms with van der Waals surface area (Å²) in [6, 6.07) is 41.6. The standard InChI is InChI=1S/C34H30ClN3/c1-25-9-16-29(17-10-25)37(30-18-11-26(2)12-19-30)33-22-15-28(34(35)23-33)24-36-38(31-7-5-4-6-8-31)32-20-13-27(3)14-21-32/h4-24H,1-3H3. The summed E-state index contributed by atoms with van der Waals surface area (Å²) < 4.78 is 0. The molecule has 0 radical (unpaired) electrons. The lowest BCUT2D eigenvalue weighted by atomic mass is 10.1. The zero-order valence-corrected chi connectivity index (χ0v) is 22.6. The van der Waals surface area contributed by atoms with Crippen LogP contribution >= 0.6 is 11.6 Å². The molecule has 0 spiro atoms. The minimum absolute atomic E-state index is 0.632. The molecular formula is C34H30ClN3. The Bertz CT molecular complexity index is 1480. The fraction of sp³-hybridized carbons (Fsp3) is 0.0882. The molecule has 38 heavy (non-hydrogen) atoms. The van der Waals surface area contributed by atoms with Gasteiger partial charge < -0.3 is 4.90 Å². The van der Waals surface area contributed by atoms with E-state index < -0.39 is 0 Å². The van der Waals surface area contributed by atoms with E-state index >= 15 is 0 Å². The highest BCUT2D eigenvalue weighted by Crippen LogP contribution is 2.36. The molecule has 0 aliphatic carbocycles. The molecule has 188 valence electrons. The first kappa shape index (κ1) is 25.3. The predicted octanol–water partition coefficient (Wildman–Crippen LogP) is 9.91. The Morgan fingerprint density at radius 3 is 1.47 bits per heavy atom. The summed E-state index contributed by atoms with van der Waals surface area (Å²) in [5.41, 5.74) is 9.59. The van der Waals surface area contributed by atoms with E-state index in [0.717, 1.165) is 34.0 Å². The molecule has 3 nitrogen and oxygen atoms in total. The van der Waals surface area contributed by atoms with Crippen LogP contribution in [0, 0.1) is 20.8 Å². The molecule has 0 saturated heterocycles. The number of nitrogens with zero attached hydrogens (tertiary/aromatic N) is 3. The summed E-state index contributed by atoms with van der Waals surface area (Å²) in [6.07, 6.45) is 1.82. The topological polar surface area (TPSA) is 18.8 Å². The zero-order chi connectivity index (χ0) is 26.5. The molecule has 5 aromatic carbocycles. The van der Waals surface area contributed by atoms with Crippen molar-refractivity contribution in [1.82, 2.24) is 0 Å². The van der Waals surface area contributed by atoms with Crippen molar-refractivity contribution in [2.75, 3.05) is 9.91 Å². The van der Waals surface area contributed by atoms with Gasteiger partial charge in [0.25, 0.3) is 0 Å². The quantitative estimate of drug-likeness (QED) is 0.158. The molecule has 0 heterocycles. The molecule has 0 fully saturated rings. The number of halogens is 1.